The van der Waals surface area contributed by atoms with Crippen molar-refractivity contribution in [3.8, 4) is 0 Å². The Kier molecular flexibility index (Phi) is 4.21. The van der Waals surface area contributed by atoms with Crippen LogP contribution in [0.5, 0.6) is 0 Å². The second-order valence-corrected chi connectivity index (χ2v) is 4.18. The normalized spacial score (nSPS) is 10.5. The van der Waals surface area contributed by atoms with Crippen molar-refractivity contribution in [3.05, 3.63) is 29.8 Å². The van der Waals surface area contributed by atoms with Gasteiger partial charge < -0.3 is 4.90 Å². The van der Waals surface area contributed by atoms with Crippen molar-refractivity contribution in [2.45, 2.75) is 19.8 Å². The molecule has 0 bridgehead atoms. The third-order valence-corrected chi connectivity index (χ3v) is 2.70. The highest BCUT2D eigenvalue weighted by Crippen LogP contribution is 2.20. The molecule has 0 aliphatic heterocycles. The maximum atomic E-state index is 11.4. The molecule has 0 atom stereocenters. The number of benzene rings is 1. The van der Waals surface area contributed by atoms with Crippen LogP contribution >= 0.6 is 12.6 Å². The Labute approximate surface area is 96.7 Å². The van der Waals surface area contributed by atoms with Crippen LogP contribution in [0.1, 0.15) is 25.3 Å². The second kappa shape index (κ2) is 5.21. The fourth-order valence-electron chi connectivity index (χ4n) is 1.34. The van der Waals surface area contributed by atoms with Crippen LogP contribution in [-0.2, 0) is 4.79 Å². The molecular weight excluding hydrogens is 206 g/mol. The molecular formula is C12H17NOS. The zero-order chi connectivity index (χ0) is 11.4. The van der Waals surface area contributed by atoms with Crippen molar-refractivity contribution >= 4 is 24.2 Å². The molecule has 0 aromatic heterocycles. The third kappa shape index (κ3) is 2.99. The number of hydrogen-bond donors (Lipinski definition) is 1. The molecule has 3 heteroatoms. The standard InChI is InChI=1S/C12H17NOS/c1-9(2)10-5-4-6-11(7-10)13(3)12(14)8-15/h4-7,9,15H,8H2,1-3H3. The summed E-state index contributed by atoms with van der Waals surface area (Å²) in [5.41, 5.74) is 2.17. The Hall–Kier alpha value is -0.960. The minimum absolute atomic E-state index is 0.0132. The summed E-state index contributed by atoms with van der Waals surface area (Å²) >= 11 is 3.98. The van der Waals surface area contributed by atoms with Crippen molar-refractivity contribution in [2.24, 2.45) is 0 Å². The minimum atomic E-state index is 0.0132. The summed E-state index contributed by atoms with van der Waals surface area (Å²) < 4.78 is 0. The lowest BCUT2D eigenvalue weighted by Crippen LogP contribution is -2.27. The minimum Gasteiger partial charge on any atom is -0.315 e. The zero-order valence-electron chi connectivity index (χ0n) is 9.40. The van der Waals surface area contributed by atoms with Crippen LogP contribution in [0, 0.1) is 0 Å². The summed E-state index contributed by atoms with van der Waals surface area (Å²) in [7, 11) is 1.78. The van der Waals surface area contributed by atoms with E-state index in [9.17, 15) is 4.79 Å². The summed E-state index contributed by atoms with van der Waals surface area (Å²) in [6, 6.07) is 8.04. The van der Waals surface area contributed by atoms with E-state index < -0.39 is 0 Å². The van der Waals surface area contributed by atoms with E-state index in [-0.39, 0.29) is 11.7 Å². The number of nitrogens with zero attached hydrogens (tertiary/aromatic N) is 1. The first-order valence-corrected chi connectivity index (χ1v) is 5.67. The largest absolute Gasteiger partial charge is 0.315 e. The molecule has 0 saturated heterocycles. The van der Waals surface area contributed by atoms with E-state index in [0.717, 1.165) is 5.69 Å². The van der Waals surface area contributed by atoms with Crippen LogP contribution in [0.4, 0.5) is 5.69 Å². The van der Waals surface area contributed by atoms with E-state index in [0.29, 0.717) is 5.92 Å². The molecule has 0 fully saturated rings. The highest BCUT2D eigenvalue weighted by atomic mass is 32.1. The molecule has 2 nitrogen and oxygen atoms in total. The SMILES string of the molecule is CC(C)c1cccc(N(C)C(=O)CS)c1. The van der Waals surface area contributed by atoms with Gasteiger partial charge in [0.2, 0.25) is 5.91 Å². The lowest BCUT2D eigenvalue weighted by Gasteiger charge is -2.17. The number of carbonyl (C=O) groups is 1. The molecule has 15 heavy (non-hydrogen) atoms. The fraction of sp³-hybridized carbons (Fsp3) is 0.417. The van der Waals surface area contributed by atoms with Gasteiger partial charge in [-0.15, -0.1) is 0 Å². The average molecular weight is 223 g/mol. The molecule has 0 radical (unpaired) electrons. The molecule has 1 amide bonds. The summed E-state index contributed by atoms with van der Waals surface area (Å²) in [6.07, 6.45) is 0. The first kappa shape index (κ1) is 12.1. The van der Waals surface area contributed by atoms with Crippen LogP contribution in [0.3, 0.4) is 0 Å². The van der Waals surface area contributed by atoms with Crippen molar-refractivity contribution in [1.82, 2.24) is 0 Å². The second-order valence-electron chi connectivity index (χ2n) is 3.86. The maximum absolute atomic E-state index is 11.4. The van der Waals surface area contributed by atoms with Gasteiger partial charge >= 0.3 is 0 Å². The Balaban J connectivity index is 2.95. The van der Waals surface area contributed by atoms with E-state index in [1.54, 1.807) is 11.9 Å². The quantitative estimate of drug-likeness (QED) is 0.781. The number of anilines is 1. The predicted octanol–water partition coefficient (Wildman–Crippen LogP) is 2.70. The summed E-state index contributed by atoms with van der Waals surface area (Å²) in [5, 5.41) is 0. The topological polar surface area (TPSA) is 20.3 Å². The molecule has 1 rings (SSSR count). The first-order chi connectivity index (χ1) is 7.06. The lowest BCUT2D eigenvalue weighted by atomic mass is 10.0. The molecule has 1 aromatic rings. The predicted molar refractivity (Wildman–Crippen MR) is 67.8 cm³/mol. The molecule has 1 aromatic carbocycles. The van der Waals surface area contributed by atoms with Crippen LogP contribution in [-0.4, -0.2) is 18.7 Å². The van der Waals surface area contributed by atoms with E-state index in [4.69, 9.17) is 0 Å². The van der Waals surface area contributed by atoms with E-state index in [1.165, 1.54) is 5.56 Å². The Morgan fingerprint density at radius 1 is 1.47 bits per heavy atom. The third-order valence-electron chi connectivity index (χ3n) is 2.43. The fourth-order valence-corrected chi connectivity index (χ4v) is 1.55. The zero-order valence-corrected chi connectivity index (χ0v) is 10.3. The summed E-state index contributed by atoms with van der Waals surface area (Å²) in [4.78, 5) is 13.1. The van der Waals surface area contributed by atoms with E-state index in [1.807, 2.05) is 18.2 Å². The highest BCUT2D eigenvalue weighted by Gasteiger charge is 2.09. The molecule has 0 aliphatic carbocycles. The smallest absolute Gasteiger partial charge is 0.236 e. The van der Waals surface area contributed by atoms with Crippen molar-refractivity contribution in [1.29, 1.82) is 0 Å². The van der Waals surface area contributed by atoms with Gasteiger partial charge in [0, 0.05) is 12.7 Å². The van der Waals surface area contributed by atoms with E-state index >= 15 is 0 Å². The molecule has 0 aliphatic rings. The van der Waals surface area contributed by atoms with Gasteiger partial charge in [-0.3, -0.25) is 4.79 Å². The van der Waals surface area contributed by atoms with Gasteiger partial charge in [-0.25, -0.2) is 0 Å². The number of thiol groups is 1. The first-order valence-electron chi connectivity index (χ1n) is 5.03. The van der Waals surface area contributed by atoms with Gasteiger partial charge in [0.1, 0.15) is 0 Å². The maximum Gasteiger partial charge on any atom is 0.236 e. The molecule has 82 valence electrons. The highest BCUT2D eigenvalue weighted by molar-refractivity contribution is 7.81. The molecule has 0 saturated carbocycles. The van der Waals surface area contributed by atoms with Crippen LogP contribution < -0.4 is 4.90 Å². The van der Waals surface area contributed by atoms with Gasteiger partial charge in [0.15, 0.2) is 0 Å². The molecule has 0 N–H and O–H groups in total. The lowest BCUT2D eigenvalue weighted by molar-refractivity contribution is -0.115. The van der Waals surface area contributed by atoms with Crippen LogP contribution in [0.15, 0.2) is 24.3 Å². The Bertz CT molecular complexity index is 349. The van der Waals surface area contributed by atoms with Crippen molar-refractivity contribution < 1.29 is 4.79 Å². The Morgan fingerprint density at radius 2 is 2.13 bits per heavy atom. The number of rotatable bonds is 3. The van der Waals surface area contributed by atoms with Gasteiger partial charge in [0.25, 0.3) is 0 Å². The average Bonchev–Trinajstić information content (AvgIpc) is 2.27. The van der Waals surface area contributed by atoms with Gasteiger partial charge in [0.05, 0.1) is 5.75 Å². The van der Waals surface area contributed by atoms with E-state index in [2.05, 4.69) is 32.5 Å². The van der Waals surface area contributed by atoms with Gasteiger partial charge in [-0.05, 0) is 23.6 Å². The number of amides is 1. The van der Waals surface area contributed by atoms with Crippen molar-refractivity contribution in [2.75, 3.05) is 17.7 Å². The van der Waals surface area contributed by atoms with Gasteiger partial charge in [-0.1, -0.05) is 26.0 Å². The van der Waals surface area contributed by atoms with Crippen molar-refractivity contribution in [3.63, 3.8) is 0 Å². The number of carbonyl (C=O) groups excluding carboxylic acids is 1. The summed E-state index contributed by atoms with van der Waals surface area (Å²) in [6.45, 7) is 4.28. The van der Waals surface area contributed by atoms with Crippen LogP contribution in [0.2, 0.25) is 0 Å². The van der Waals surface area contributed by atoms with Gasteiger partial charge in [-0.2, -0.15) is 12.6 Å². The summed E-state index contributed by atoms with van der Waals surface area (Å²) in [5.74, 6) is 0.728. The number of hydrogen-bond acceptors (Lipinski definition) is 2. The molecule has 0 unspecified atom stereocenters. The molecule has 0 heterocycles. The monoisotopic (exact) mass is 223 g/mol. The molecule has 0 spiro atoms. The Morgan fingerprint density at radius 3 is 2.67 bits per heavy atom. The van der Waals surface area contributed by atoms with Crippen LogP contribution in [0.25, 0.3) is 0 Å².